The number of nitro groups is 2. The van der Waals surface area contributed by atoms with E-state index in [0.29, 0.717) is 17.8 Å². The fourth-order valence-corrected chi connectivity index (χ4v) is 2.21. The number of benzene rings is 2. The van der Waals surface area contributed by atoms with Crippen molar-refractivity contribution in [3.63, 3.8) is 0 Å². The van der Waals surface area contributed by atoms with Crippen molar-refractivity contribution in [3.8, 4) is 0 Å². The van der Waals surface area contributed by atoms with Crippen LogP contribution in [0.2, 0.25) is 0 Å². The van der Waals surface area contributed by atoms with Crippen molar-refractivity contribution in [3.05, 3.63) is 68.3 Å². The van der Waals surface area contributed by atoms with Gasteiger partial charge in [-0.25, -0.2) is 0 Å². The molecule has 9 nitrogen and oxygen atoms in total. The summed E-state index contributed by atoms with van der Waals surface area (Å²) in [6.45, 7) is -0.0784. The van der Waals surface area contributed by atoms with E-state index in [0.717, 1.165) is 6.07 Å². The molecule has 2 rings (SSSR count). The molecule has 2 aromatic rings. The Bertz CT molecular complexity index is 900. The molecule has 0 unspecified atom stereocenters. The number of carbonyl (C=O) groups is 1. The summed E-state index contributed by atoms with van der Waals surface area (Å²) >= 11 is 0. The second kappa shape index (κ2) is 8.33. The van der Waals surface area contributed by atoms with Gasteiger partial charge in [-0.15, -0.1) is 0 Å². The summed E-state index contributed by atoms with van der Waals surface area (Å²) < 4.78 is 38.0. The van der Waals surface area contributed by atoms with Crippen LogP contribution < -0.4 is 10.6 Å². The maximum Gasteiger partial charge on any atom is 0.416 e. The van der Waals surface area contributed by atoms with Crippen LogP contribution in [0.5, 0.6) is 0 Å². The molecular weight excluding hydrogens is 385 g/mol. The number of nitro benzene ring substituents is 2. The number of hydrogen-bond acceptors (Lipinski definition) is 6. The Morgan fingerprint density at radius 3 is 2.18 bits per heavy atom. The maximum atomic E-state index is 12.7. The number of nitrogens with zero attached hydrogens (tertiary/aromatic N) is 2. The van der Waals surface area contributed by atoms with E-state index in [4.69, 9.17) is 0 Å². The number of nitrogens with one attached hydrogen (secondary N) is 2. The fraction of sp³-hybridized carbons (Fsp3) is 0.188. The molecule has 2 N–H and O–H groups in total. The lowest BCUT2D eigenvalue weighted by atomic mass is 10.1. The molecular formula is C16H13F3N4O5. The van der Waals surface area contributed by atoms with Gasteiger partial charge in [-0.1, -0.05) is 0 Å². The van der Waals surface area contributed by atoms with Crippen LogP contribution in [0.4, 0.5) is 35.9 Å². The average molecular weight is 398 g/mol. The molecule has 1 amide bonds. The number of carbonyl (C=O) groups excluding carboxylic acids is 1. The highest BCUT2D eigenvalue weighted by atomic mass is 19.4. The van der Waals surface area contributed by atoms with Crippen LogP contribution in [-0.4, -0.2) is 22.3 Å². The Kier molecular flexibility index (Phi) is 6.13. The molecule has 0 spiro atoms. The third-order valence-corrected chi connectivity index (χ3v) is 3.55. The van der Waals surface area contributed by atoms with Gasteiger partial charge < -0.3 is 10.6 Å². The Balaban J connectivity index is 1.96. The van der Waals surface area contributed by atoms with Crippen LogP contribution >= 0.6 is 0 Å². The second-order valence-corrected chi connectivity index (χ2v) is 5.52. The van der Waals surface area contributed by atoms with Crippen molar-refractivity contribution in [2.75, 3.05) is 17.2 Å². The monoisotopic (exact) mass is 398 g/mol. The van der Waals surface area contributed by atoms with Gasteiger partial charge in [-0.2, -0.15) is 13.2 Å². The first-order chi connectivity index (χ1) is 13.1. The molecule has 0 heterocycles. The third kappa shape index (κ3) is 5.40. The summed E-state index contributed by atoms with van der Waals surface area (Å²) in [5.74, 6) is -0.490. The van der Waals surface area contributed by atoms with Gasteiger partial charge in [0.25, 0.3) is 11.4 Å². The average Bonchev–Trinajstić information content (AvgIpc) is 2.61. The number of anilines is 2. The minimum Gasteiger partial charge on any atom is -0.379 e. The fourth-order valence-electron chi connectivity index (χ4n) is 2.21. The quantitative estimate of drug-likeness (QED) is 0.537. The molecule has 148 valence electrons. The van der Waals surface area contributed by atoms with Gasteiger partial charge in [0.15, 0.2) is 0 Å². The lowest BCUT2D eigenvalue weighted by molar-refractivity contribution is -0.384. The van der Waals surface area contributed by atoms with E-state index >= 15 is 0 Å². The second-order valence-electron chi connectivity index (χ2n) is 5.52. The van der Waals surface area contributed by atoms with Gasteiger partial charge >= 0.3 is 6.18 Å². The van der Waals surface area contributed by atoms with Crippen molar-refractivity contribution in [2.24, 2.45) is 0 Å². The van der Waals surface area contributed by atoms with E-state index in [-0.39, 0.29) is 24.3 Å². The van der Waals surface area contributed by atoms with Crippen LogP contribution in [-0.2, 0) is 11.0 Å². The zero-order valence-corrected chi connectivity index (χ0v) is 14.0. The first-order valence-corrected chi connectivity index (χ1v) is 7.72. The molecule has 0 aliphatic rings. The Labute approximate surface area is 155 Å². The number of hydrogen-bond donors (Lipinski definition) is 2. The smallest absolute Gasteiger partial charge is 0.379 e. The van der Waals surface area contributed by atoms with E-state index in [1.165, 1.54) is 24.3 Å². The summed E-state index contributed by atoms with van der Waals surface area (Å²) in [6, 6.07) is 7.13. The molecule has 0 atom stereocenters. The Hall–Kier alpha value is -3.70. The minimum atomic E-state index is -4.71. The highest BCUT2D eigenvalue weighted by molar-refractivity contribution is 5.91. The molecule has 0 aliphatic carbocycles. The Morgan fingerprint density at radius 2 is 1.64 bits per heavy atom. The molecule has 28 heavy (non-hydrogen) atoms. The first-order valence-electron chi connectivity index (χ1n) is 7.72. The normalized spacial score (nSPS) is 11.0. The van der Waals surface area contributed by atoms with Gasteiger partial charge in [0.05, 0.1) is 15.4 Å². The van der Waals surface area contributed by atoms with Gasteiger partial charge in [-0.05, 0) is 24.3 Å². The van der Waals surface area contributed by atoms with Crippen molar-refractivity contribution in [1.82, 2.24) is 0 Å². The van der Waals surface area contributed by atoms with Crippen LogP contribution in [0.15, 0.2) is 42.5 Å². The van der Waals surface area contributed by atoms with Crippen molar-refractivity contribution >= 4 is 28.7 Å². The maximum absolute atomic E-state index is 12.7. The number of halogens is 3. The summed E-state index contributed by atoms with van der Waals surface area (Å²) in [5.41, 5.74) is -1.89. The molecule has 0 radical (unpaired) electrons. The molecule has 0 saturated heterocycles. The number of non-ortho nitro benzene ring substituents is 1. The van der Waals surface area contributed by atoms with E-state index in [2.05, 4.69) is 10.6 Å². The van der Waals surface area contributed by atoms with E-state index < -0.39 is 33.2 Å². The number of rotatable bonds is 7. The molecule has 0 fully saturated rings. The molecule has 0 aromatic heterocycles. The standard InChI is InChI=1S/C16H13F3N4O5/c17-16(18,19)10-1-6-13(14(9-10)23(27)28)20-8-7-15(24)21-11-2-4-12(5-3-11)22(25)26/h1-6,9,20H,7-8H2,(H,21,24). The van der Waals surface area contributed by atoms with Gasteiger partial charge in [0.1, 0.15) is 5.69 Å². The van der Waals surface area contributed by atoms with Gasteiger partial charge in [0, 0.05) is 36.9 Å². The van der Waals surface area contributed by atoms with Crippen molar-refractivity contribution < 1.29 is 27.8 Å². The molecule has 12 heteroatoms. The van der Waals surface area contributed by atoms with Crippen molar-refractivity contribution in [1.29, 1.82) is 0 Å². The molecule has 0 saturated carbocycles. The summed E-state index contributed by atoms with van der Waals surface area (Å²) in [7, 11) is 0. The van der Waals surface area contributed by atoms with Crippen LogP contribution in [0.25, 0.3) is 0 Å². The zero-order valence-electron chi connectivity index (χ0n) is 14.0. The van der Waals surface area contributed by atoms with Gasteiger partial charge in [-0.3, -0.25) is 25.0 Å². The highest BCUT2D eigenvalue weighted by Gasteiger charge is 2.33. The van der Waals surface area contributed by atoms with E-state index in [1.807, 2.05) is 0 Å². The topological polar surface area (TPSA) is 127 Å². The Morgan fingerprint density at radius 1 is 1.00 bits per heavy atom. The summed E-state index contributed by atoms with van der Waals surface area (Å²) in [4.78, 5) is 31.9. The molecule has 0 bridgehead atoms. The van der Waals surface area contributed by atoms with Crippen LogP contribution in [0, 0.1) is 20.2 Å². The third-order valence-electron chi connectivity index (χ3n) is 3.55. The minimum absolute atomic E-state index is 0.0784. The van der Waals surface area contributed by atoms with Crippen LogP contribution in [0.1, 0.15) is 12.0 Å². The largest absolute Gasteiger partial charge is 0.416 e. The lowest BCUT2D eigenvalue weighted by Crippen LogP contribution is -2.16. The SMILES string of the molecule is O=C(CCNc1ccc(C(F)(F)F)cc1[N+](=O)[O-])Nc1ccc([N+](=O)[O-])cc1. The first kappa shape index (κ1) is 20.6. The summed E-state index contributed by atoms with van der Waals surface area (Å²) in [5, 5.41) is 26.6. The molecule has 0 aliphatic heterocycles. The number of amides is 1. The highest BCUT2D eigenvalue weighted by Crippen LogP contribution is 2.34. The molecule has 2 aromatic carbocycles. The summed E-state index contributed by atoms with van der Waals surface area (Å²) in [6.07, 6.45) is -4.86. The van der Waals surface area contributed by atoms with E-state index in [9.17, 15) is 38.2 Å². The number of alkyl halides is 3. The van der Waals surface area contributed by atoms with Crippen molar-refractivity contribution in [2.45, 2.75) is 12.6 Å². The van der Waals surface area contributed by atoms with Crippen LogP contribution in [0.3, 0.4) is 0 Å². The zero-order chi connectivity index (χ0) is 20.9. The van der Waals surface area contributed by atoms with E-state index in [1.54, 1.807) is 0 Å². The predicted octanol–water partition coefficient (Wildman–Crippen LogP) is 3.96. The lowest BCUT2D eigenvalue weighted by Gasteiger charge is -2.10. The predicted molar refractivity (Wildman–Crippen MR) is 92.9 cm³/mol. The van der Waals surface area contributed by atoms with Gasteiger partial charge in [0.2, 0.25) is 5.91 Å².